The van der Waals surface area contributed by atoms with Crippen LogP contribution in [0.2, 0.25) is 0 Å². The van der Waals surface area contributed by atoms with E-state index in [1.807, 2.05) is 37.3 Å². The Morgan fingerprint density at radius 1 is 1.27 bits per heavy atom. The van der Waals surface area contributed by atoms with Crippen LogP contribution in [0.25, 0.3) is 16.7 Å². The molecule has 0 saturated heterocycles. The van der Waals surface area contributed by atoms with Gasteiger partial charge in [-0.2, -0.15) is 0 Å². The van der Waals surface area contributed by atoms with Gasteiger partial charge in [0.1, 0.15) is 11.6 Å². The number of methoxy groups -OCH3 is 1. The third-order valence-electron chi connectivity index (χ3n) is 5.02. The van der Waals surface area contributed by atoms with Crippen molar-refractivity contribution in [2.75, 3.05) is 19.5 Å². The summed E-state index contributed by atoms with van der Waals surface area (Å²) in [6.07, 6.45) is 5.23. The summed E-state index contributed by atoms with van der Waals surface area (Å²) in [5.74, 6) is 0.839. The average molecular weight is 405 g/mol. The highest BCUT2D eigenvalue weighted by molar-refractivity contribution is 6.32. The predicted molar refractivity (Wildman–Crippen MR) is 123 cm³/mol. The van der Waals surface area contributed by atoms with Crippen molar-refractivity contribution < 1.29 is 9.53 Å². The van der Waals surface area contributed by atoms with Gasteiger partial charge in [0.05, 0.1) is 12.7 Å². The second-order valence-corrected chi connectivity index (χ2v) is 7.12. The molecule has 30 heavy (non-hydrogen) atoms. The topological polar surface area (TPSA) is 86.2 Å². The third-order valence-corrected chi connectivity index (χ3v) is 5.02. The van der Waals surface area contributed by atoms with Gasteiger partial charge in [0.15, 0.2) is 0 Å². The molecule has 6 nitrogen and oxygen atoms in total. The van der Waals surface area contributed by atoms with E-state index in [0.29, 0.717) is 11.3 Å². The van der Waals surface area contributed by atoms with Crippen LogP contribution >= 0.6 is 0 Å². The van der Waals surface area contributed by atoms with Gasteiger partial charge in [-0.25, -0.2) is 0 Å². The fraction of sp³-hybridized carbons (Fsp3) is 0.250. The van der Waals surface area contributed by atoms with Gasteiger partial charge in [0.25, 0.3) is 5.91 Å². The molecule has 0 aromatic heterocycles. The first kappa shape index (κ1) is 21.2. The lowest BCUT2D eigenvalue weighted by Crippen LogP contribution is -2.21. The molecule has 0 atom stereocenters. The van der Waals surface area contributed by atoms with Crippen LogP contribution in [-0.4, -0.2) is 25.9 Å². The van der Waals surface area contributed by atoms with E-state index in [-0.39, 0.29) is 11.7 Å². The van der Waals surface area contributed by atoms with Crippen LogP contribution in [0.5, 0.6) is 5.75 Å². The first-order chi connectivity index (χ1) is 14.5. The van der Waals surface area contributed by atoms with E-state index < -0.39 is 0 Å². The van der Waals surface area contributed by atoms with E-state index in [2.05, 4.69) is 28.9 Å². The summed E-state index contributed by atoms with van der Waals surface area (Å²) in [4.78, 5) is 12.7. The molecule has 0 fully saturated rings. The number of allylic oxidation sites excluding steroid dienone is 1. The molecule has 1 heterocycles. The Bertz CT molecular complexity index is 1040. The second-order valence-electron chi connectivity index (χ2n) is 7.12. The van der Waals surface area contributed by atoms with Gasteiger partial charge in [0, 0.05) is 29.6 Å². The average Bonchev–Trinajstić information content (AvgIpc) is 3.07. The summed E-state index contributed by atoms with van der Waals surface area (Å²) in [5.41, 5.74) is 6.03. The fourth-order valence-electron chi connectivity index (χ4n) is 3.72. The normalized spacial score (nSPS) is 14.3. The summed E-state index contributed by atoms with van der Waals surface area (Å²) < 4.78 is 5.64. The molecule has 0 unspecified atom stereocenters. The number of anilines is 1. The van der Waals surface area contributed by atoms with Crippen molar-refractivity contribution in [2.24, 2.45) is 0 Å². The van der Waals surface area contributed by atoms with Crippen molar-refractivity contribution in [3.05, 3.63) is 65.5 Å². The maximum absolute atomic E-state index is 12.7. The fourth-order valence-corrected chi connectivity index (χ4v) is 3.72. The van der Waals surface area contributed by atoms with Gasteiger partial charge >= 0.3 is 0 Å². The molecule has 4 N–H and O–H groups in total. The van der Waals surface area contributed by atoms with E-state index in [1.165, 1.54) is 5.56 Å². The molecule has 0 spiro atoms. The monoisotopic (exact) mass is 404 g/mol. The van der Waals surface area contributed by atoms with Crippen LogP contribution in [-0.2, 0) is 11.2 Å². The molecule has 2 aromatic carbocycles. The van der Waals surface area contributed by atoms with E-state index in [0.717, 1.165) is 41.0 Å². The predicted octanol–water partition coefficient (Wildman–Crippen LogP) is 4.30. The number of amides is 1. The molecule has 1 aliphatic heterocycles. The van der Waals surface area contributed by atoms with E-state index in [4.69, 9.17) is 10.1 Å². The molecule has 1 amide bonds. The van der Waals surface area contributed by atoms with Crippen LogP contribution < -0.4 is 20.7 Å². The minimum atomic E-state index is -0.175. The van der Waals surface area contributed by atoms with Crippen molar-refractivity contribution in [1.29, 1.82) is 5.41 Å². The number of rotatable bonds is 7. The first-order valence-electron chi connectivity index (χ1n) is 10.0. The second kappa shape index (κ2) is 9.31. The molecule has 0 aliphatic carbocycles. The Balaban J connectivity index is 2.08. The highest BCUT2D eigenvalue weighted by Gasteiger charge is 2.27. The maximum atomic E-state index is 12.7. The minimum Gasteiger partial charge on any atom is -0.496 e. The van der Waals surface area contributed by atoms with Crippen molar-refractivity contribution in [2.45, 2.75) is 26.7 Å². The maximum Gasteiger partial charge on any atom is 0.258 e. The Morgan fingerprint density at radius 3 is 2.77 bits per heavy atom. The molecule has 2 aromatic rings. The molecule has 1 aliphatic rings. The molecule has 156 valence electrons. The largest absolute Gasteiger partial charge is 0.496 e. The zero-order chi connectivity index (χ0) is 21.7. The quantitative estimate of drug-likeness (QED) is 0.315. The van der Waals surface area contributed by atoms with E-state index in [1.54, 1.807) is 26.4 Å². The number of ether oxygens (including phenoxy) is 1. The Morgan fingerprint density at radius 2 is 2.07 bits per heavy atom. The van der Waals surface area contributed by atoms with Gasteiger partial charge in [-0.1, -0.05) is 31.5 Å². The SMILES string of the molecule is CCCc1cccc(OC)c1-c1ccc2c(c1)/C(=C(\C)NC(=N)/C=C\NC)C(=O)N2. The Kier molecular flexibility index (Phi) is 6.57. The number of benzene rings is 2. The third kappa shape index (κ3) is 4.22. The van der Waals surface area contributed by atoms with Crippen LogP contribution in [0.15, 0.2) is 54.4 Å². The van der Waals surface area contributed by atoms with Crippen molar-refractivity contribution in [3.63, 3.8) is 0 Å². The van der Waals surface area contributed by atoms with Gasteiger partial charge in [-0.15, -0.1) is 0 Å². The highest BCUT2D eigenvalue weighted by Crippen LogP contribution is 2.40. The molecular weight excluding hydrogens is 376 g/mol. The lowest BCUT2D eigenvalue weighted by molar-refractivity contribution is -0.110. The van der Waals surface area contributed by atoms with E-state index in [9.17, 15) is 4.79 Å². The number of carbonyl (C=O) groups is 1. The number of fused-ring (bicyclic) bond motifs is 1. The van der Waals surface area contributed by atoms with Crippen molar-refractivity contribution in [1.82, 2.24) is 10.6 Å². The van der Waals surface area contributed by atoms with Crippen LogP contribution in [0.3, 0.4) is 0 Å². The van der Waals surface area contributed by atoms with Gasteiger partial charge in [-0.05, 0) is 54.9 Å². The Labute approximate surface area is 177 Å². The van der Waals surface area contributed by atoms with Crippen LogP contribution in [0.1, 0.15) is 31.4 Å². The molecule has 6 heteroatoms. The molecule has 3 rings (SSSR count). The van der Waals surface area contributed by atoms with Crippen LogP contribution in [0, 0.1) is 5.41 Å². The molecule has 0 radical (unpaired) electrons. The summed E-state index contributed by atoms with van der Waals surface area (Å²) in [6, 6.07) is 12.1. The Hall–Kier alpha value is -3.54. The van der Waals surface area contributed by atoms with Crippen LogP contribution in [0.4, 0.5) is 5.69 Å². The highest BCUT2D eigenvalue weighted by atomic mass is 16.5. The lowest BCUT2D eigenvalue weighted by atomic mass is 9.93. The summed E-state index contributed by atoms with van der Waals surface area (Å²) in [7, 11) is 3.44. The van der Waals surface area contributed by atoms with Crippen molar-refractivity contribution in [3.8, 4) is 16.9 Å². The molecule has 0 bridgehead atoms. The lowest BCUT2D eigenvalue weighted by Gasteiger charge is -2.15. The number of amidine groups is 1. The van der Waals surface area contributed by atoms with Crippen molar-refractivity contribution >= 4 is 23.0 Å². The zero-order valence-electron chi connectivity index (χ0n) is 17.8. The zero-order valence-corrected chi connectivity index (χ0v) is 17.8. The van der Waals surface area contributed by atoms with E-state index >= 15 is 0 Å². The number of hydrogen-bond acceptors (Lipinski definition) is 4. The van der Waals surface area contributed by atoms with Gasteiger partial charge in [0.2, 0.25) is 0 Å². The minimum absolute atomic E-state index is 0.175. The first-order valence-corrected chi connectivity index (χ1v) is 10.0. The molecular formula is C24H28N4O2. The summed E-state index contributed by atoms with van der Waals surface area (Å²) in [6.45, 7) is 3.96. The number of aryl methyl sites for hydroxylation is 1. The standard InChI is InChI=1S/C24H28N4O2/c1-5-7-16-8-6-9-20(30-4)23(16)17-10-11-19-18(14-17)22(24(29)28-19)15(2)27-21(25)12-13-26-3/h6,8-14,26H,5,7H2,1-4H3,(H2,25,27)(H,28,29)/b13-12-,22-15-. The number of nitrogens with one attached hydrogen (secondary N) is 4. The van der Waals surface area contributed by atoms with Gasteiger partial charge < -0.3 is 20.7 Å². The number of carbonyl (C=O) groups excluding carboxylic acids is 1. The smallest absolute Gasteiger partial charge is 0.258 e. The van der Waals surface area contributed by atoms with Gasteiger partial charge in [-0.3, -0.25) is 10.2 Å². The molecule has 0 saturated carbocycles. The summed E-state index contributed by atoms with van der Waals surface area (Å²) in [5, 5.41) is 16.8. The number of hydrogen-bond donors (Lipinski definition) is 4. The summed E-state index contributed by atoms with van der Waals surface area (Å²) >= 11 is 0.